The van der Waals surface area contributed by atoms with Gasteiger partial charge in [0.15, 0.2) is 0 Å². The third-order valence-electron chi connectivity index (χ3n) is 3.07. The van der Waals surface area contributed by atoms with Crippen molar-refractivity contribution in [3.05, 3.63) is 51.1 Å². The fourth-order valence-corrected chi connectivity index (χ4v) is 2.63. The van der Waals surface area contributed by atoms with E-state index in [-0.39, 0.29) is 12.0 Å². The minimum Gasteiger partial charge on any atom is -0.478 e. The summed E-state index contributed by atoms with van der Waals surface area (Å²) in [5, 5.41) is 11.2. The monoisotopic (exact) mass is 396 g/mol. The summed E-state index contributed by atoms with van der Waals surface area (Å²) in [6.45, 7) is 0. The minimum absolute atomic E-state index is 0.0103. The normalized spacial score (nSPS) is 11.4. The lowest BCUT2D eigenvalue weighted by Crippen LogP contribution is -2.09. The molecule has 1 N–H and O–H groups in total. The molecule has 108 valence electrons. The first-order valence-electron chi connectivity index (χ1n) is 6.21. The summed E-state index contributed by atoms with van der Waals surface area (Å²) in [5.41, 5.74) is 0.811. The van der Waals surface area contributed by atoms with Gasteiger partial charge in [-0.3, -0.25) is 4.79 Å². The molecule has 2 aromatic carbocycles. The van der Waals surface area contributed by atoms with Crippen LogP contribution in [0.4, 0.5) is 0 Å². The summed E-state index contributed by atoms with van der Waals surface area (Å²) in [4.78, 5) is 22.7. The number of hydrogen-bond donors (Lipinski definition) is 1. The van der Waals surface area contributed by atoms with E-state index in [1.165, 1.54) is 7.11 Å². The molecule has 0 spiro atoms. The van der Waals surface area contributed by atoms with E-state index in [1.807, 2.05) is 36.4 Å². The molecule has 0 saturated heterocycles. The molecule has 5 heteroatoms. The summed E-state index contributed by atoms with van der Waals surface area (Å²) in [6.07, 6.45) is 1.29. The van der Waals surface area contributed by atoms with Crippen molar-refractivity contribution in [1.29, 1.82) is 0 Å². The van der Waals surface area contributed by atoms with Crippen LogP contribution in [-0.4, -0.2) is 24.2 Å². The molecule has 0 radical (unpaired) electrons. The molecule has 0 saturated carbocycles. The van der Waals surface area contributed by atoms with Crippen LogP contribution in [0, 0.1) is 3.57 Å². The van der Waals surface area contributed by atoms with E-state index < -0.39 is 11.9 Å². The highest BCUT2D eigenvalue weighted by atomic mass is 127. The van der Waals surface area contributed by atoms with Crippen molar-refractivity contribution in [2.24, 2.45) is 0 Å². The molecule has 0 unspecified atom stereocenters. The Morgan fingerprint density at radius 2 is 1.95 bits per heavy atom. The van der Waals surface area contributed by atoms with Gasteiger partial charge in [-0.25, -0.2) is 4.79 Å². The topological polar surface area (TPSA) is 63.6 Å². The van der Waals surface area contributed by atoms with Crippen LogP contribution in [0.15, 0.2) is 42.0 Å². The Balaban J connectivity index is 2.58. The lowest BCUT2D eigenvalue weighted by molar-refractivity contribution is -0.142. The lowest BCUT2D eigenvalue weighted by Gasteiger charge is -2.07. The Kier molecular flexibility index (Phi) is 4.95. The number of ether oxygens (including phenoxy) is 1. The van der Waals surface area contributed by atoms with Gasteiger partial charge in [0.05, 0.1) is 13.5 Å². The van der Waals surface area contributed by atoms with Gasteiger partial charge in [0, 0.05) is 9.14 Å². The fraction of sp³-hybridized carbons (Fsp3) is 0.125. The number of benzene rings is 2. The summed E-state index contributed by atoms with van der Waals surface area (Å²) in [6, 6.07) is 11.6. The molecular formula is C16H13IO4. The van der Waals surface area contributed by atoms with Crippen molar-refractivity contribution in [1.82, 2.24) is 0 Å². The van der Waals surface area contributed by atoms with Crippen LogP contribution in [0.2, 0.25) is 0 Å². The molecule has 0 aromatic heterocycles. The zero-order valence-corrected chi connectivity index (χ0v) is 13.5. The minimum atomic E-state index is -1.12. The molecular weight excluding hydrogens is 383 g/mol. The van der Waals surface area contributed by atoms with E-state index >= 15 is 0 Å². The van der Waals surface area contributed by atoms with Gasteiger partial charge in [0.2, 0.25) is 0 Å². The number of fused-ring (bicyclic) bond motifs is 1. The zero-order valence-electron chi connectivity index (χ0n) is 11.3. The zero-order chi connectivity index (χ0) is 15.4. The van der Waals surface area contributed by atoms with Crippen LogP contribution in [0.3, 0.4) is 0 Å². The Labute approximate surface area is 135 Å². The van der Waals surface area contributed by atoms with Gasteiger partial charge < -0.3 is 9.84 Å². The molecule has 0 aliphatic rings. The Morgan fingerprint density at radius 3 is 2.62 bits per heavy atom. The van der Waals surface area contributed by atoms with Crippen LogP contribution in [-0.2, 0) is 14.3 Å². The highest BCUT2D eigenvalue weighted by Crippen LogP contribution is 2.26. The number of carboxylic acids is 1. The van der Waals surface area contributed by atoms with Crippen molar-refractivity contribution in [3.8, 4) is 0 Å². The molecule has 4 nitrogen and oxygen atoms in total. The Hall–Kier alpha value is -1.89. The smallest absolute Gasteiger partial charge is 0.332 e. The number of esters is 1. The van der Waals surface area contributed by atoms with Crippen molar-refractivity contribution in [2.45, 2.75) is 6.42 Å². The van der Waals surface area contributed by atoms with E-state index in [4.69, 9.17) is 0 Å². The van der Waals surface area contributed by atoms with Gasteiger partial charge in [0.25, 0.3) is 0 Å². The molecule has 0 amide bonds. The largest absolute Gasteiger partial charge is 0.478 e. The van der Waals surface area contributed by atoms with E-state index in [1.54, 1.807) is 6.08 Å². The molecule has 2 aromatic rings. The maximum atomic E-state index is 11.3. The molecule has 0 aliphatic heterocycles. The summed E-state index contributed by atoms with van der Waals surface area (Å²) in [5.74, 6) is -1.69. The van der Waals surface area contributed by atoms with Crippen molar-refractivity contribution >= 4 is 51.4 Å². The van der Waals surface area contributed by atoms with Gasteiger partial charge >= 0.3 is 11.9 Å². The number of rotatable bonds is 4. The predicted molar refractivity (Wildman–Crippen MR) is 88.9 cm³/mol. The second-order valence-electron chi connectivity index (χ2n) is 4.41. The molecule has 0 atom stereocenters. The van der Waals surface area contributed by atoms with Crippen LogP contribution in [0.5, 0.6) is 0 Å². The quantitative estimate of drug-likeness (QED) is 0.489. The van der Waals surface area contributed by atoms with Gasteiger partial charge in [-0.05, 0) is 51.1 Å². The van der Waals surface area contributed by atoms with Crippen molar-refractivity contribution in [3.63, 3.8) is 0 Å². The molecule has 21 heavy (non-hydrogen) atoms. The third-order valence-corrected chi connectivity index (χ3v) is 4.01. The van der Waals surface area contributed by atoms with Crippen molar-refractivity contribution < 1.29 is 19.4 Å². The number of hydrogen-bond acceptors (Lipinski definition) is 3. The average Bonchev–Trinajstić information content (AvgIpc) is 2.48. The number of aliphatic carboxylic acids is 1. The number of carbonyl (C=O) groups excluding carboxylic acids is 1. The highest BCUT2D eigenvalue weighted by Gasteiger charge is 2.15. The predicted octanol–water partition coefficient (Wildman–Crippen LogP) is 3.48. The number of carboxylic acid groups (broad SMARTS) is 1. The van der Waals surface area contributed by atoms with E-state index in [0.29, 0.717) is 0 Å². The van der Waals surface area contributed by atoms with Crippen LogP contribution in [0.25, 0.3) is 16.8 Å². The second-order valence-corrected chi connectivity index (χ2v) is 5.57. The van der Waals surface area contributed by atoms with Gasteiger partial charge in [-0.2, -0.15) is 0 Å². The van der Waals surface area contributed by atoms with E-state index in [0.717, 1.165) is 19.9 Å². The van der Waals surface area contributed by atoms with Crippen LogP contribution < -0.4 is 0 Å². The molecule has 0 heterocycles. The van der Waals surface area contributed by atoms with Gasteiger partial charge in [0.1, 0.15) is 0 Å². The second kappa shape index (κ2) is 6.71. The maximum Gasteiger partial charge on any atom is 0.332 e. The van der Waals surface area contributed by atoms with E-state index in [2.05, 4.69) is 27.3 Å². The number of methoxy groups -OCH3 is 1. The standard InChI is InChI=1S/C16H13IO4/c1-21-15(18)9-11(16(19)20)8-13-12-5-3-2-4-10(12)6-7-14(13)17/h2-8H,9H2,1H3,(H,19,20). The first-order chi connectivity index (χ1) is 10.0. The van der Waals surface area contributed by atoms with Crippen LogP contribution >= 0.6 is 22.6 Å². The Morgan fingerprint density at radius 1 is 1.24 bits per heavy atom. The Bertz CT molecular complexity index is 734. The fourth-order valence-electron chi connectivity index (χ4n) is 2.01. The summed E-state index contributed by atoms with van der Waals surface area (Å²) < 4.78 is 5.47. The maximum absolute atomic E-state index is 11.3. The molecule has 0 aliphatic carbocycles. The number of halogens is 1. The molecule has 0 fully saturated rings. The van der Waals surface area contributed by atoms with Gasteiger partial charge in [-0.1, -0.05) is 30.3 Å². The average molecular weight is 396 g/mol. The van der Waals surface area contributed by atoms with Crippen LogP contribution in [0.1, 0.15) is 12.0 Å². The van der Waals surface area contributed by atoms with Gasteiger partial charge in [-0.15, -0.1) is 0 Å². The highest BCUT2D eigenvalue weighted by molar-refractivity contribution is 14.1. The summed E-state index contributed by atoms with van der Waals surface area (Å²) >= 11 is 2.15. The molecule has 0 bridgehead atoms. The lowest BCUT2D eigenvalue weighted by atomic mass is 10.0. The number of carbonyl (C=O) groups is 2. The first-order valence-corrected chi connectivity index (χ1v) is 7.28. The summed E-state index contributed by atoms with van der Waals surface area (Å²) in [7, 11) is 1.24. The SMILES string of the molecule is COC(=O)CC(=Cc1c(I)ccc2ccccc12)C(=O)O. The third kappa shape index (κ3) is 3.60. The van der Waals surface area contributed by atoms with Crippen molar-refractivity contribution in [2.75, 3.05) is 7.11 Å². The first kappa shape index (κ1) is 15.5. The molecule has 2 rings (SSSR count). The van der Waals surface area contributed by atoms with E-state index in [9.17, 15) is 14.7 Å².